The lowest BCUT2D eigenvalue weighted by molar-refractivity contribution is -0.140. The average Bonchev–Trinajstić information content (AvgIpc) is 2.83. The molecule has 0 heterocycles. The Morgan fingerprint density at radius 1 is 0.758 bits per heavy atom. The summed E-state index contributed by atoms with van der Waals surface area (Å²) in [6, 6.07) is 25.2. The number of esters is 1. The Morgan fingerprint density at radius 2 is 1.27 bits per heavy atom. The molecule has 6 nitrogen and oxygen atoms in total. The maximum Gasteiger partial charge on any atom is 0.357 e. The van der Waals surface area contributed by atoms with Crippen LogP contribution in [0.25, 0.3) is 0 Å². The molecule has 0 aliphatic carbocycles. The van der Waals surface area contributed by atoms with Crippen LogP contribution in [0.4, 0.5) is 22.7 Å². The quantitative estimate of drug-likeness (QED) is 0.241. The molecule has 0 aliphatic rings. The van der Waals surface area contributed by atoms with E-state index in [0.717, 1.165) is 22.6 Å². The first-order valence-corrected chi connectivity index (χ1v) is 10.3. The van der Waals surface area contributed by atoms with Gasteiger partial charge in [-0.2, -0.15) is 0 Å². The van der Waals surface area contributed by atoms with Crippen LogP contribution in [0.5, 0.6) is 0 Å². The minimum absolute atomic E-state index is 0.181. The molecular weight excluding hydrogens is 416 g/mol. The fourth-order valence-electron chi connectivity index (χ4n) is 2.91. The van der Waals surface area contributed by atoms with Crippen molar-refractivity contribution in [2.75, 3.05) is 10.4 Å². The second kappa shape index (κ2) is 10.8. The van der Waals surface area contributed by atoms with Crippen LogP contribution in [0.3, 0.4) is 0 Å². The van der Waals surface area contributed by atoms with E-state index in [4.69, 9.17) is 9.57 Å². The van der Waals surface area contributed by atoms with Gasteiger partial charge in [-0.1, -0.05) is 43.5 Å². The average molecular weight is 443 g/mol. The molecule has 0 saturated carbocycles. The number of rotatable bonds is 9. The van der Waals surface area contributed by atoms with Crippen molar-refractivity contribution in [3.8, 4) is 0 Å². The van der Waals surface area contributed by atoms with Crippen LogP contribution < -0.4 is 10.4 Å². The standard InChI is InChI=1S/C27H26N2O4/c1-19(2)26(30)32-18-21-10-14-24(15-11-21)29(23-8-6-5-7-9-23)25-16-12-22(13-17-25)28-33-27(31)20(3)4/h5-17,28H,1,3,18H2,2,4H3. The molecule has 0 aliphatic heterocycles. The van der Waals surface area contributed by atoms with E-state index in [0.29, 0.717) is 16.8 Å². The summed E-state index contributed by atoms with van der Waals surface area (Å²) >= 11 is 0. The number of anilines is 4. The Labute approximate surface area is 193 Å². The zero-order chi connectivity index (χ0) is 23.8. The molecule has 0 fully saturated rings. The van der Waals surface area contributed by atoms with Gasteiger partial charge in [-0.15, -0.1) is 0 Å². The van der Waals surface area contributed by atoms with Crippen molar-refractivity contribution >= 4 is 34.7 Å². The third-order valence-corrected chi connectivity index (χ3v) is 4.66. The van der Waals surface area contributed by atoms with Gasteiger partial charge in [-0.05, 0) is 67.9 Å². The minimum Gasteiger partial charge on any atom is -0.457 e. The van der Waals surface area contributed by atoms with Gasteiger partial charge in [0.2, 0.25) is 0 Å². The Bertz CT molecular complexity index is 1060. The fourth-order valence-corrected chi connectivity index (χ4v) is 2.91. The van der Waals surface area contributed by atoms with Gasteiger partial charge >= 0.3 is 11.9 Å². The second-order valence-corrected chi connectivity index (χ2v) is 7.51. The normalized spacial score (nSPS) is 10.1. The highest BCUT2D eigenvalue weighted by Crippen LogP contribution is 2.35. The molecule has 0 radical (unpaired) electrons. The third kappa shape index (κ3) is 6.33. The molecule has 6 heteroatoms. The summed E-state index contributed by atoms with van der Waals surface area (Å²) in [7, 11) is 0. The zero-order valence-corrected chi connectivity index (χ0v) is 18.7. The van der Waals surface area contributed by atoms with E-state index in [-0.39, 0.29) is 6.61 Å². The number of benzene rings is 3. The second-order valence-electron chi connectivity index (χ2n) is 7.51. The van der Waals surface area contributed by atoms with Crippen LogP contribution in [0.15, 0.2) is 103 Å². The van der Waals surface area contributed by atoms with Crippen molar-refractivity contribution in [1.82, 2.24) is 0 Å². The molecule has 168 valence electrons. The number of carbonyl (C=O) groups is 2. The number of nitrogens with one attached hydrogen (secondary N) is 1. The van der Waals surface area contributed by atoms with E-state index >= 15 is 0 Å². The monoisotopic (exact) mass is 442 g/mol. The van der Waals surface area contributed by atoms with Crippen molar-refractivity contribution in [3.05, 3.63) is 109 Å². The summed E-state index contributed by atoms with van der Waals surface area (Å²) in [6.07, 6.45) is 0. The number of para-hydroxylation sites is 1. The van der Waals surface area contributed by atoms with E-state index in [1.54, 1.807) is 13.8 Å². The van der Waals surface area contributed by atoms with Gasteiger partial charge in [0.05, 0.1) is 5.69 Å². The van der Waals surface area contributed by atoms with Crippen molar-refractivity contribution in [3.63, 3.8) is 0 Å². The third-order valence-electron chi connectivity index (χ3n) is 4.66. The Morgan fingerprint density at radius 3 is 1.82 bits per heavy atom. The first-order chi connectivity index (χ1) is 15.8. The van der Waals surface area contributed by atoms with E-state index in [1.165, 1.54) is 0 Å². The van der Waals surface area contributed by atoms with Gasteiger partial charge in [-0.25, -0.2) is 15.1 Å². The number of ether oxygens (including phenoxy) is 1. The SMILES string of the molecule is C=C(C)C(=O)OCc1ccc(N(c2ccccc2)c2ccc(NOC(=O)C(=C)C)cc2)cc1. The Balaban J connectivity index is 1.81. The first-order valence-electron chi connectivity index (χ1n) is 10.3. The molecule has 0 atom stereocenters. The number of hydrogen-bond donors (Lipinski definition) is 1. The smallest absolute Gasteiger partial charge is 0.357 e. The molecule has 0 aromatic heterocycles. The van der Waals surface area contributed by atoms with Crippen LogP contribution in [-0.2, 0) is 25.8 Å². The molecule has 33 heavy (non-hydrogen) atoms. The highest BCUT2D eigenvalue weighted by atomic mass is 16.7. The molecule has 3 aromatic rings. The highest BCUT2D eigenvalue weighted by Gasteiger charge is 2.13. The lowest BCUT2D eigenvalue weighted by Gasteiger charge is -2.25. The summed E-state index contributed by atoms with van der Waals surface area (Å²) in [5.41, 5.74) is 7.66. The van der Waals surface area contributed by atoms with Crippen molar-refractivity contribution < 1.29 is 19.2 Å². The van der Waals surface area contributed by atoms with Gasteiger partial charge < -0.3 is 14.5 Å². The van der Waals surface area contributed by atoms with Gasteiger partial charge in [-0.3, -0.25) is 0 Å². The molecule has 1 N–H and O–H groups in total. The number of carbonyl (C=O) groups excluding carboxylic acids is 2. The Hall–Kier alpha value is -4.32. The summed E-state index contributed by atoms with van der Waals surface area (Å²) in [6.45, 7) is 10.5. The maximum atomic E-state index is 11.6. The van der Waals surface area contributed by atoms with Crippen molar-refractivity contribution in [1.29, 1.82) is 0 Å². The predicted octanol–water partition coefficient (Wildman–Crippen LogP) is 6.22. The van der Waals surface area contributed by atoms with Crippen LogP contribution in [-0.4, -0.2) is 11.9 Å². The minimum atomic E-state index is -0.515. The largest absolute Gasteiger partial charge is 0.457 e. The summed E-state index contributed by atoms with van der Waals surface area (Å²) in [5.74, 6) is -0.924. The van der Waals surface area contributed by atoms with E-state index < -0.39 is 11.9 Å². The van der Waals surface area contributed by atoms with Crippen LogP contribution in [0, 0.1) is 0 Å². The molecule has 3 aromatic carbocycles. The van der Waals surface area contributed by atoms with Gasteiger partial charge in [0.1, 0.15) is 6.61 Å². The molecule has 0 spiro atoms. The van der Waals surface area contributed by atoms with E-state index in [2.05, 4.69) is 23.5 Å². The maximum absolute atomic E-state index is 11.6. The van der Waals surface area contributed by atoms with Crippen LogP contribution in [0.1, 0.15) is 19.4 Å². The van der Waals surface area contributed by atoms with Gasteiger partial charge in [0, 0.05) is 28.2 Å². The topological polar surface area (TPSA) is 67.9 Å². The summed E-state index contributed by atoms with van der Waals surface area (Å²) in [4.78, 5) is 30.3. The molecule has 0 bridgehead atoms. The summed E-state index contributed by atoms with van der Waals surface area (Å²) < 4.78 is 5.23. The van der Waals surface area contributed by atoms with E-state index in [1.807, 2.05) is 78.9 Å². The van der Waals surface area contributed by atoms with Crippen LogP contribution >= 0.6 is 0 Å². The molecule has 0 unspecified atom stereocenters. The number of hydrogen-bond acceptors (Lipinski definition) is 6. The van der Waals surface area contributed by atoms with Gasteiger partial charge in [0.25, 0.3) is 0 Å². The summed E-state index contributed by atoms with van der Waals surface area (Å²) in [5, 5.41) is 0. The molecular formula is C27H26N2O4. The first kappa shape index (κ1) is 23.3. The zero-order valence-electron chi connectivity index (χ0n) is 18.7. The Kier molecular flexibility index (Phi) is 7.65. The molecule has 0 amide bonds. The highest BCUT2D eigenvalue weighted by molar-refractivity contribution is 5.87. The lowest BCUT2D eigenvalue weighted by atomic mass is 10.1. The molecule has 0 saturated heterocycles. The van der Waals surface area contributed by atoms with Crippen molar-refractivity contribution in [2.45, 2.75) is 20.5 Å². The number of nitrogens with zero attached hydrogens (tertiary/aromatic N) is 1. The lowest BCUT2D eigenvalue weighted by Crippen LogP contribution is -2.12. The van der Waals surface area contributed by atoms with Crippen LogP contribution in [0.2, 0.25) is 0 Å². The van der Waals surface area contributed by atoms with Crippen molar-refractivity contribution in [2.24, 2.45) is 0 Å². The van der Waals surface area contributed by atoms with E-state index in [9.17, 15) is 9.59 Å². The molecule has 3 rings (SSSR count). The fraction of sp³-hybridized carbons (Fsp3) is 0.111. The predicted molar refractivity (Wildman–Crippen MR) is 130 cm³/mol. The van der Waals surface area contributed by atoms with Gasteiger partial charge in [0.15, 0.2) is 0 Å².